The van der Waals surface area contributed by atoms with E-state index in [0.717, 1.165) is 23.7 Å². The third kappa shape index (κ3) is 15.8. The molecule has 0 aliphatic heterocycles. The number of rotatable bonds is 0. The Morgan fingerprint density at radius 3 is 1.22 bits per heavy atom. The Morgan fingerprint density at radius 1 is 0.889 bits per heavy atom. The van der Waals surface area contributed by atoms with Crippen LogP contribution in [0.25, 0.3) is 0 Å². The van der Waals surface area contributed by atoms with Gasteiger partial charge < -0.3 is 8.83 Å². The average molecular weight is 250 g/mol. The second kappa shape index (κ2) is 14.3. The van der Waals surface area contributed by atoms with Gasteiger partial charge in [0.1, 0.15) is 11.5 Å². The Bertz CT molecular complexity index is 390. The molecule has 0 radical (unpaired) electrons. The minimum atomic E-state index is 0.750. The predicted molar refractivity (Wildman–Crippen MR) is 63.7 cm³/mol. The minimum Gasteiger partial charge on any atom is -0.470 e. The zero-order valence-electron chi connectivity index (χ0n) is 10.1. The lowest BCUT2D eigenvalue weighted by Crippen LogP contribution is -1.48. The molecule has 2 rings (SSSR count). The molecule has 18 heavy (non-hydrogen) atoms. The van der Waals surface area contributed by atoms with E-state index in [9.17, 15) is 0 Å². The van der Waals surface area contributed by atoms with Crippen molar-refractivity contribution in [2.45, 2.75) is 13.8 Å². The summed E-state index contributed by atoms with van der Waals surface area (Å²) < 4.78 is 9.67. The molecule has 6 heteroatoms. The van der Waals surface area contributed by atoms with Crippen LogP contribution in [0.5, 0.6) is 0 Å². The van der Waals surface area contributed by atoms with Gasteiger partial charge in [0.15, 0.2) is 0 Å². The van der Waals surface area contributed by atoms with Crippen molar-refractivity contribution in [3.8, 4) is 0 Å². The first-order valence-corrected chi connectivity index (χ1v) is 4.70. The van der Waals surface area contributed by atoms with Crippen LogP contribution in [0.15, 0.2) is 45.6 Å². The van der Waals surface area contributed by atoms with Gasteiger partial charge in [0.2, 0.25) is 12.2 Å². The van der Waals surface area contributed by atoms with Crippen molar-refractivity contribution in [2.75, 3.05) is 0 Å². The van der Waals surface area contributed by atoms with Gasteiger partial charge in [-0.2, -0.15) is 0 Å². The van der Waals surface area contributed by atoms with Crippen LogP contribution in [-0.4, -0.2) is 12.2 Å². The Kier molecular flexibility index (Phi) is 14.1. The number of hydrogen-bond donors (Lipinski definition) is 2. The fraction of sp³-hybridized carbons (Fsp3) is 0.167. The Hall–Kier alpha value is -2.68. The van der Waals surface area contributed by atoms with E-state index in [2.05, 4.69) is 0 Å². The van der Waals surface area contributed by atoms with Crippen molar-refractivity contribution in [1.29, 1.82) is 10.8 Å². The van der Waals surface area contributed by atoms with Crippen LogP contribution in [0.3, 0.4) is 0 Å². The largest absolute Gasteiger partial charge is 0.470 e. The third-order valence-electron chi connectivity index (χ3n) is 1.33. The van der Waals surface area contributed by atoms with Crippen molar-refractivity contribution < 1.29 is 18.4 Å². The first-order chi connectivity index (χ1) is 8.62. The number of hydrogen-bond acceptors (Lipinski definition) is 6. The zero-order valence-corrected chi connectivity index (χ0v) is 10.1. The van der Waals surface area contributed by atoms with Crippen molar-refractivity contribution in [2.24, 2.45) is 0 Å². The Balaban J connectivity index is 0. The van der Waals surface area contributed by atoms with E-state index < -0.39 is 0 Å². The topological polar surface area (TPSA) is 108 Å². The van der Waals surface area contributed by atoms with Crippen LogP contribution in [-0.2, 0) is 9.59 Å². The molecule has 0 unspecified atom stereocenters. The summed E-state index contributed by atoms with van der Waals surface area (Å²) in [6, 6.07) is 7.57. The molecule has 0 aromatic carbocycles. The van der Waals surface area contributed by atoms with Gasteiger partial charge in [-0.15, -0.1) is 0 Å². The lowest BCUT2D eigenvalue weighted by atomic mass is 10.5. The van der Waals surface area contributed by atoms with Gasteiger partial charge in [0, 0.05) is 0 Å². The molecule has 0 aliphatic rings. The quantitative estimate of drug-likeness (QED) is 0.553. The van der Waals surface area contributed by atoms with E-state index in [-0.39, 0.29) is 0 Å². The molecule has 0 saturated heterocycles. The maximum atomic E-state index is 8.35. The summed E-state index contributed by atoms with van der Waals surface area (Å²) in [7, 11) is 0. The first-order valence-electron chi connectivity index (χ1n) is 4.70. The SMILES string of the molecule is Cc1ccco1.Cc1ccco1.N=C=O.N=C=O. The number of isocyanates is 2. The molecule has 0 fully saturated rings. The van der Waals surface area contributed by atoms with E-state index in [1.165, 1.54) is 0 Å². The smallest absolute Gasteiger partial charge is 0.231 e. The second-order valence-electron chi connectivity index (χ2n) is 2.65. The minimum absolute atomic E-state index is 0.750. The molecule has 0 spiro atoms. The molecular weight excluding hydrogens is 236 g/mol. The normalized spacial score (nSPS) is 6.78. The molecule has 0 bridgehead atoms. The fourth-order valence-electron chi connectivity index (χ4n) is 0.721. The van der Waals surface area contributed by atoms with E-state index in [0.29, 0.717) is 0 Å². The van der Waals surface area contributed by atoms with Crippen molar-refractivity contribution in [3.63, 3.8) is 0 Å². The molecule has 2 N–H and O–H groups in total. The van der Waals surface area contributed by atoms with Gasteiger partial charge in [-0.05, 0) is 38.1 Å². The van der Waals surface area contributed by atoms with Gasteiger partial charge in [-0.3, -0.25) is 0 Å². The molecule has 0 saturated carbocycles. The fourth-order valence-corrected chi connectivity index (χ4v) is 0.721. The van der Waals surface area contributed by atoms with Gasteiger partial charge in [0.05, 0.1) is 12.5 Å². The lowest BCUT2D eigenvalue weighted by Gasteiger charge is -1.69. The van der Waals surface area contributed by atoms with Gasteiger partial charge in [0.25, 0.3) is 0 Å². The number of aryl methyl sites for hydroxylation is 2. The van der Waals surface area contributed by atoms with E-state index in [1.54, 1.807) is 12.5 Å². The summed E-state index contributed by atoms with van der Waals surface area (Å²) in [6.45, 7) is 3.83. The number of nitrogens with one attached hydrogen (secondary N) is 2. The highest BCUT2D eigenvalue weighted by molar-refractivity contribution is 5.26. The Labute approximate surface area is 104 Å². The standard InChI is InChI=1S/2C5H6O.2CHNO/c2*1-5-3-2-4-6-5;2*2-1-3/h2*2-4H,1H3;2*2H. The zero-order chi connectivity index (χ0) is 14.2. The molecule has 0 atom stereocenters. The maximum Gasteiger partial charge on any atom is 0.231 e. The molecule has 0 aliphatic carbocycles. The average Bonchev–Trinajstić information content (AvgIpc) is 2.95. The van der Waals surface area contributed by atoms with Crippen molar-refractivity contribution in [1.82, 2.24) is 0 Å². The van der Waals surface area contributed by atoms with E-state index in [1.807, 2.05) is 38.1 Å². The maximum absolute atomic E-state index is 8.35. The molecule has 2 aromatic heterocycles. The Morgan fingerprint density at radius 2 is 1.17 bits per heavy atom. The summed E-state index contributed by atoms with van der Waals surface area (Å²) in [5.74, 6) is 1.94. The van der Waals surface area contributed by atoms with Gasteiger partial charge in [-0.1, -0.05) is 0 Å². The van der Waals surface area contributed by atoms with E-state index >= 15 is 0 Å². The molecular formula is C12H14N2O4. The summed E-state index contributed by atoms with van der Waals surface area (Å²) in [5.41, 5.74) is 0. The molecule has 6 nitrogen and oxygen atoms in total. The van der Waals surface area contributed by atoms with Crippen LogP contribution in [0.1, 0.15) is 11.5 Å². The van der Waals surface area contributed by atoms with Crippen LogP contribution in [0.2, 0.25) is 0 Å². The molecule has 2 aromatic rings. The summed E-state index contributed by atoms with van der Waals surface area (Å²) >= 11 is 0. The lowest BCUT2D eigenvalue weighted by molar-refractivity contribution is 0.534. The third-order valence-corrected chi connectivity index (χ3v) is 1.33. The van der Waals surface area contributed by atoms with E-state index in [4.69, 9.17) is 29.2 Å². The highest BCUT2D eigenvalue weighted by Crippen LogP contribution is 1.93. The molecule has 0 amide bonds. The molecule has 96 valence electrons. The summed E-state index contributed by atoms with van der Waals surface area (Å²) in [4.78, 5) is 16.7. The number of carbonyl (C=O) groups excluding carboxylic acids is 2. The van der Waals surface area contributed by atoms with Crippen molar-refractivity contribution in [3.05, 3.63) is 48.3 Å². The summed E-state index contributed by atoms with van der Waals surface area (Å²) in [6.07, 6.45) is 4.82. The van der Waals surface area contributed by atoms with Gasteiger partial charge in [-0.25, -0.2) is 20.4 Å². The van der Waals surface area contributed by atoms with Crippen LogP contribution >= 0.6 is 0 Å². The van der Waals surface area contributed by atoms with Crippen molar-refractivity contribution >= 4 is 12.2 Å². The van der Waals surface area contributed by atoms with Gasteiger partial charge >= 0.3 is 0 Å². The highest BCUT2D eigenvalue weighted by Gasteiger charge is 1.76. The summed E-state index contributed by atoms with van der Waals surface area (Å²) in [5, 5.41) is 10.8. The first kappa shape index (κ1) is 17.7. The van der Waals surface area contributed by atoms with Crippen LogP contribution < -0.4 is 0 Å². The molecule has 2 heterocycles. The number of furan rings is 2. The highest BCUT2D eigenvalue weighted by atomic mass is 16.3. The monoisotopic (exact) mass is 250 g/mol. The predicted octanol–water partition coefficient (Wildman–Crippen LogP) is 2.98. The second-order valence-corrected chi connectivity index (χ2v) is 2.65. The van der Waals surface area contributed by atoms with Crippen LogP contribution in [0.4, 0.5) is 0 Å². The van der Waals surface area contributed by atoms with Crippen LogP contribution in [0, 0.1) is 24.7 Å².